The molecule has 98 valence electrons. The number of hydrogen-bond acceptors (Lipinski definition) is 6. The molecule has 3 atom stereocenters. The van der Waals surface area contributed by atoms with Crippen molar-refractivity contribution in [3.05, 3.63) is 28.2 Å². The summed E-state index contributed by atoms with van der Waals surface area (Å²) in [5.74, 6) is 0. The van der Waals surface area contributed by atoms with Crippen molar-refractivity contribution >= 4 is 33.2 Å². The van der Waals surface area contributed by atoms with Gasteiger partial charge in [0.15, 0.2) is 0 Å². The highest BCUT2D eigenvalue weighted by molar-refractivity contribution is 7.18. The highest BCUT2D eigenvalue weighted by Gasteiger charge is 2.27. The van der Waals surface area contributed by atoms with E-state index in [2.05, 4.69) is 4.98 Å². The van der Waals surface area contributed by atoms with E-state index in [0.29, 0.717) is 10.5 Å². The second-order valence-corrected chi connectivity index (χ2v) is 5.35. The molecule has 0 bridgehead atoms. The van der Waals surface area contributed by atoms with Crippen LogP contribution in [0.2, 0.25) is 5.02 Å². The first kappa shape index (κ1) is 13.7. The number of thiazole rings is 1. The van der Waals surface area contributed by atoms with Crippen molar-refractivity contribution < 1.29 is 20.4 Å². The lowest BCUT2D eigenvalue weighted by Crippen LogP contribution is -2.34. The fraction of sp³-hybridized carbons (Fsp3) is 0.364. The van der Waals surface area contributed by atoms with E-state index in [1.807, 2.05) is 0 Å². The summed E-state index contributed by atoms with van der Waals surface area (Å²) >= 11 is 7.02. The number of fused-ring (bicyclic) bond motifs is 1. The van der Waals surface area contributed by atoms with Crippen molar-refractivity contribution in [3.63, 3.8) is 0 Å². The number of aromatic nitrogens is 1. The molecule has 0 radical (unpaired) electrons. The van der Waals surface area contributed by atoms with Crippen molar-refractivity contribution in [3.8, 4) is 0 Å². The second kappa shape index (κ2) is 5.48. The quantitative estimate of drug-likeness (QED) is 0.665. The van der Waals surface area contributed by atoms with Gasteiger partial charge in [-0.05, 0) is 18.2 Å². The number of aliphatic hydroxyl groups is 4. The summed E-state index contributed by atoms with van der Waals surface area (Å²) in [7, 11) is 0. The van der Waals surface area contributed by atoms with Crippen LogP contribution in [0.5, 0.6) is 0 Å². The lowest BCUT2D eigenvalue weighted by Gasteiger charge is -2.19. The molecular formula is C11H12ClNO4S. The Hall–Kier alpha value is -0.760. The first-order valence-corrected chi connectivity index (χ1v) is 6.43. The second-order valence-electron chi connectivity index (χ2n) is 3.85. The zero-order valence-electron chi connectivity index (χ0n) is 9.19. The summed E-state index contributed by atoms with van der Waals surface area (Å²) in [6, 6.07) is 5.12. The fourth-order valence-electron chi connectivity index (χ4n) is 1.51. The Balaban J connectivity index is 2.30. The predicted octanol–water partition coefficient (Wildman–Crippen LogP) is 0.697. The van der Waals surface area contributed by atoms with Gasteiger partial charge in [0.2, 0.25) is 0 Å². The Morgan fingerprint density at radius 1 is 1.28 bits per heavy atom. The van der Waals surface area contributed by atoms with Gasteiger partial charge in [-0.25, -0.2) is 4.98 Å². The lowest BCUT2D eigenvalue weighted by molar-refractivity contribution is -0.0776. The lowest BCUT2D eigenvalue weighted by atomic mass is 10.1. The number of benzene rings is 1. The molecule has 0 saturated carbocycles. The highest BCUT2D eigenvalue weighted by Crippen LogP contribution is 2.30. The largest absolute Gasteiger partial charge is 0.394 e. The molecule has 0 spiro atoms. The van der Waals surface area contributed by atoms with Crippen LogP contribution in [0.15, 0.2) is 18.2 Å². The Kier molecular flexibility index (Phi) is 4.16. The van der Waals surface area contributed by atoms with Gasteiger partial charge in [-0.1, -0.05) is 11.6 Å². The molecular weight excluding hydrogens is 278 g/mol. The van der Waals surface area contributed by atoms with Gasteiger partial charge in [-0.3, -0.25) is 0 Å². The van der Waals surface area contributed by atoms with E-state index >= 15 is 0 Å². The topological polar surface area (TPSA) is 93.8 Å². The van der Waals surface area contributed by atoms with Crippen molar-refractivity contribution in [2.45, 2.75) is 18.3 Å². The molecule has 0 aliphatic rings. The SMILES string of the molecule is OC[C@@H](O)[C@@H](O)[C@@H](O)c1nc2cc(Cl)ccc2s1. The molecule has 0 aliphatic carbocycles. The minimum Gasteiger partial charge on any atom is -0.394 e. The third kappa shape index (κ3) is 2.64. The van der Waals surface area contributed by atoms with E-state index in [9.17, 15) is 15.3 Å². The number of halogens is 1. The minimum absolute atomic E-state index is 0.271. The van der Waals surface area contributed by atoms with Crippen LogP contribution in [-0.4, -0.2) is 44.2 Å². The molecule has 1 heterocycles. The van der Waals surface area contributed by atoms with Crippen molar-refractivity contribution in [1.82, 2.24) is 4.98 Å². The Bertz CT molecular complexity index is 547. The molecule has 7 heteroatoms. The molecule has 1 aromatic heterocycles. The van der Waals surface area contributed by atoms with E-state index in [1.54, 1.807) is 18.2 Å². The molecule has 0 saturated heterocycles. The highest BCUT2D eigenvalue weighted by atomic mass is 35.5. The number of nitrogens with zero attached hydrogens (tertiary/aromatic N) is 1. The van der Waals surface area contributed by atoms with E-state index < -0.39 is 24.9 Å². The van der Waals surface area contributed by atoms with Crippen molar-refractivity contribution in [2.24, 2.45) is 0 Å². The standard InChI is InChI=1S/C11H12ClNO4S/c12-5-1-2-8-6(3-5)13-11(18-8)10(17)9(16)7(15)4-14/h1-3,7,9-10,14-17H,4H2/t7-,9-,10-/m1/s1. The van der Waals surface area contributed by atoms with Crippen LogP contribution in [-0.2, 0) is 0 Å². The molecule has 0 unspecified atom stereocenters. The molecule has 0 amide bonds. The minimum atomic E-state index is -1.48. The Labute approximate surface area is 112 Å². The summed E-state index contributed by atoms with van der Waals surface area (Å²) in [5, 5.41) is 38.3. The molecule has 18 heavy (non-hydrogen) atoms. The molecule has 4 N–H and O–H groups in total. The maximum atomic E-state index is 9.85. The van der Waals surface area contributed by atoms with Gasteiger partial charge >= 0.3 is 0 Å². The van der Waals surface area contributed by atoms with Gasteiger partial charge < -0.3 is 20.4 Å². The number of hydrogen-bond donors (Lipinski definition) is 4. The average molecular weight is 290 g/mol. The van der Waals surface area contributed by atoms with Gasteiger partial charge in [0.1, 0.15) is 23.3 Å². The summed E-state index contributed by atoms with van der Waals surface area (Å²) in [6.07, 6.45) is -4.23. The monoisotopic (exact) mass is 289 g/mol. The predicted molar refractivity (Wildman–Crippen MR) is 68.7 cm³/mol. The van der Waals surface area contributed by atoms with Crippen molar-refractivity contribution in [2.75, 3.05) is 6.61 Å². The zero-order valence-corrected chi connectivity index (χ0v) is 10.8. The molecule has 0 fully saturated rings. The van der Waals surface area contributed by atoms with Gasteiger partial charge in [-0.2, -0.15) is 0 Å². The number of aliphatic hydroxyl groups excluding tert-OH is 4. The average Bonchev–Trinajstić information content (AvgIpc) is 2.78. The first-order chi connectivity index (χ1) is 8.52. The maximum Gasteiger partial charge on any atom is 0.134 e. The molecule has 2 aromatic rings. The van der Waals surface area contributed by atoms with Crippen LogP contribution in [0, 0.1) is 0 Å². The van der Waals surface area contributed by atoms with Gasteiger partial charge in [0.05, 0.1) is 16.8 Å². The summed E-state index contributed by atoms with van der Waals surface area (Å²) in [4.78, 5) is 4.14. The first-order valence-electron chi connectivity index (χ1n) is 5.24. The zero-order chi connectivity index (χ0) is 13.3. The van der Waals surface area contributed by atoms with Crippen LogP contribution in [0.4, 0.5) is 0 Å². The number of rotatable bonds is 4. The van der Waals surface area contributed by atoms with Crippen LogP contribution >= 0.6 is 22.9 Å². The van der Waals surface area contributed by atoms with Crippen LogP contribution in [0.25, 0.3) is 10.2 Å². The van der Waals surface area contributed by atoms with E-state index in [1.165, 1.54) is 11.3 Å². The normalized spacial score (nSPS) is 16.7. The van der Waals surface area contributed by atoms with E-state index in [0.717, 1.165) is 4.70 Å². The summed E-state index contributed by atoms with van der Waals surface area (Å²) in [5.41, 5.74) is 0.618. The summed E-state index contributed by atoms with van der Waals surface area (Å²) in [6.45, 7) is -0.630. The van der Waals surface area contributed by atoms with Crippen LogP contribution in [0.1, 0.15) is 11.1 Å². The molecule has 1 aromatic carbocycles. The molecule has 2 rings (SSSR count). The fourth-order valence-corrected chi connectivity index (χ4v) is 2.65. The van der Waals surface area contributed by atoms with Gasteiger partial charge in [0, 0.05) is 5.02 Å². The summed E-state index contributed by atoms with van der Waals surface area (Å²) < 4.78 is 0.819. The van der Waals surface area contributed by atoms with Crippen molar-refractivity contribution in [1.29, 1.82) is 0 Å². The third-order valence-corrected chi connectivity index (χ3v) is 3.87. The maximum absolute atomic E-state index is 9.85. The Morgan fingerprint density at radius 2 is 2.00 bits per heavy atom. The van der Waals surface area contributed by atoms with E-state index in [4.69, 9.17) is 16.7 Å². The van der Waals surface area contributed by atoms with E-state index in [-0.39, 0.29) is 5.01 Å². The smallest absolute Gasteiger partial charge is 0.134 e. The van der Waals surface area contributed by atoms with Gasteiger partial charge in [-0.15, -0.1) is 11.3 Å². The molecule has 0 aliphatic heterocycles. The Morgan fingerprint density at radius 3 is 2.67 bits per heavy atom. The third-order valence-electron chi connectivity index (χ3n) is 2.52. The van der Waals surface area contributed by atoms with Crippen LogP contribution < -0.4 is 0 Å². The van der Waals surface area contributed by atoms with Crippen LogP contribution in [0.3, 0.4) is 0 Å². The molecule has 5 nitrogen and oxygen atoms in total. The van der Waals surface area contributed by atoms with Gasteiger partial charge in [0.25, 0.3) is 0 Å².